The summed E-state index contributed by atoms with van der Waals surface area (Å²) in [4.78, 5) is 13.8. The first kappa shape index (κ1) is 24.1. The number of furan rings is 2. The van der Waals surface area contributed by atoms with E-state index in [9.17, 15) is 0 Å². The van der Waals surface area contributed by atoms with Gasteiger partial charge in [0.05, 0.1) is 0 Å². The third-order valence-electron chi connectivity index (χ3n) is 8.08. The molecular formula is C37H20ClN3O2. The second-order valence-corrected chi connectivity index (χ2v) is 10.9. The molecule has 0 aliphatic rings. The fourth-order valence-corrected chi connectivity index (χ4v) is 6.24. The van der Waals surface area contributed by atoms with E-state index in [1.807, 2.05) is 54.6 Å². The fraction of sp³-hybridized carbons (Fsp3) is 0. The first-order valence-electron chi connectivity index (χ1n) is 14.0. The van der Waals surface area contributed by atoms with Crippen molar-refractivity contribution >= 4 is 66.3 Å². The Morgan fingerprint density at radius 2 is 1.09 bits per heavy atom. The molecule has 202 valence electrons. The summed E-state index contributed by atoms with van der Waals surface area (Å²) in [5.74, 6) is 0.967. The van der Waals surface area contributed by atoms with Crippen molar-refractivity contribution < 1.29 is 8.83 Å². The lowest BCUT2D eigenvalue weighted by Gasteiger charge is -2.07. The third-order valence-corrected chi connectivity index (χ3v) is 8.25. The number of aromatic nitrogens is 3. The quantitative estimate of drug-likeness (QED) is 0.210. The zero-order valence-corrected chi connectivity index (χ0v) is 23.3. The molecule has 3 heterocycles. The lowest BCUT2D eigenvalue weighted by molar-refractivity contribution is 0.669. The van der Waals surface area contributed by atoms with Crippen molar-refractivity contribution in [1.82, 2.24) is 15.0 Å². The van der Waals surface area contributed by atoms with Gasteiger partial charge in [0.25, 0.3) is 0 Å². The van der Waals surface area contributed by atoms with Crippen LogP contribution in [0.15, 0.2) is 130 Å². The highest BCUT2D eigenvalue weighted by Gasteiger charge is 2.17. The van der Waals surface area contributed by atoms with Gasteiger partial charge in [-0.15, -0.1) is 0 Å². The topological polar surface area (TPSA) is 65.0 Å². The van der Waals surface area contributed by atoms with E-state index in [2.05, 4.69) is 76.7 Å². The smallest absolute Gasteiger partial charge is 0.226 e. The Morgan fingerprint density at radius 1 is 0.442 bits per heavy atom. The predicted molar refractivity (Wildman–Crippen MR) is 173 cm³/mol. The molecule has 0 unspecified atom stereocenters. The van der Waals surface area contributed by atoms with Crippen molar-refractivity contribution in [1.29, 1.82) is 0 Å². The number of para-hydroxylation sites is 2. The Morgan fingerprint density at radius 3 is 2.00 bits per heavy atom. The van der Waals surface area contributed by atoms with E-state index in [0.29, 0.717) is 11.6 Å². The van der Waals surface area contributed by atoms with Crippen molar-refractivity contribution in [3.05, 3.63) is 127 Å². The Labute approximate surface area is 250 Å². The summed E-state index contributed by atoms with van der Waals surface area (Å²) >= 11 is 6.46. The molecule has 0 aliphatic heterocycles. The van der Waals surface area contributed by atoms with Gasteiger partial charge in [-0.3, -0.25) is 0 Å². The van der Waals surface area contributed by atoms with Gasteiger partial charge in [-0.25, -0.2) is 4.98 Å². The van der Waals surface area contributed by atoms with Crippen molar-refractivity contribution in [3.8, 4) is 33.9 Å². The number of rotatable bonds is 3. The molecule has 9 rings (SSSR count). The molecule has 0 fully saturated rings. The first-order chi connectivity index (χ1) is 21.2. The van der Waals surface area contributed by atoms with Crippen LogP contribution in [0.1, 0.15) is 0 Å². The molecule has 0 N–H and O–H groups in total. The molecule has 43 heavy (non-hydrogen) atoms. The Kier molecular flexibility index (Phi) is 5.18. The van der Waals surface area contributed by atoms with E-state index in [0.717, 1.165) is 66.1 Å². The van der Waals surface area contributed by atoms with Gasteiger partial charge >= 0.3 is 0 Å². The lowest BCUT2D eigenvalue weighted by atomic mass is 9.96. The summed E-state index contributed by atoms with van der Waals surface area (Å²) in [5, 5.41) is 6.63. The van der Waals surface area contributed by atoms with Gasteiger partial charge in [0, 0.05) is 38.2 Å². The second kappa shape index (κ2) is 9.24. The summed E-state index contributed by atoms with van der Waals surface area (Å²) in [7, 11) is 0. The van der Waals surface area contributed by atoms with Gasteiger partial charge in [-0.1, -0.05) is 84.9 Å². The number of halogens is 1. The van der Waals surface area contributed by atoms with Crippen LogP contribution in [0, 0.1) is 0 Å². The molecule has 0 amide bonds. The monoisotopic (exact) mass is 573 g/mol. The zero-order chi connectivity index (χ0) is 28.5. The normalized spacial score (nSPS) is 11.8. The maximum atomic E-state index is 6.56. The second-order valence-electron chi connectivity index (χ2n) is 10.6. The van der Waals surface area contributed by atoms with Gasteiger partial charge in [0.2, 0.25) is 5.28 Å². The fourth-order valence-electron chi connectivity index (χ4n) is 6.08. The van der Waals surface area contributed by atoms with E-state index in [1.54, 1.807) is 0 Å². The van der Waals surface area contributed by atoms with Crippen LogP contribution in [-0.2, 0) is 0 Å². The molecule has 0 spiro atoms. The largest absolute Gasteiger partial charge is 0.456 e. The van der Waals surface area contributed by atoms with Crippen LogP contribution in [-0.4, -0.2) is 15.0 Å². The number of nitrogens with zero attached hydrogens (tertiary/aromatic N) is 3. The van der Waals surface area contributed by atoms with E-state index in [-0.39, 0.29) is 5.28 Å². The Hall–Kier alpha value is -5.52. The van der Waals surface area contributed by atoms with Crippen LogP contribution < -0.4 is 0 Å². The van der Waals surface area contributed by atoms with E-state index < -0.39 is 0 Å². The Balaban J connectivity index is 1.17. The lowest BCUT2D eigenvalue weighted by Crippen LogP contribution is -1.97. The minimum atomic E-state index is 0.125. The van der Waals surface area contributed by atoms with Gasteiger partial charge in [-0.05, 0) is 64.3 Å². The van der Waals surface area contributed by atoms with Crippen LogP contribution in [0.3, 0.4) is 0 Å². The molecule has 3 aromatic heterocycles. The molecule has 9 aromatic rings. The van der Waals surface area contributed by atoms with Crippen molar-refractivity contribution in [2.75, 3.05) is 0 Å². The van der Waals surface area contributed by atoms with Crippen molar-refractivity contribution in [2.24, 2.45) is 0 Å². The Bertz CT molecular complexity index is 2540. The molecule has 0 bridgehead atoms. The molecule has 0 saturated heterocycles. The average Bonchev–Trinajstić information content (AvgIpc) is 3.62. The van der Waals surface area contributed by atoms with E-state index in [4.69, 9.17) is 25.4 Å². The van der Waals surface area contributed by atoms with Gasteiger partial charge in [0.1, 0.15) is 22.3 Å². The molecule has 0 aliphatic carbocycles. The van der Waals surface area contributed by atoms with E-state index >= 15 is 0 Å². The maximum absolute atomic E-state index is 6.56. The zero-order valence-electron chi connectivity index (χ0n) is 22.6. The highest BCUT2D eigenvalue weighted by Crippen LogP contribution is 2.39. The van der Waals surface area contributed by atoms with Crippen LogP contribution in [0.25, 0.3) is 88.6 Å². The maximum Gasteiger partial charge on any atom is 0.226 e. The van der Waals surface area contributed by atoms with Crippen molar-refractivity contribution in [2.45, 2.75) is 0 Å². The molecule has 6 heteroatoms. The highest BCUT2D eigenvalue weighted by atomic mass is 35.5. The van der Waals surface area contributed by atoms with Crippen LogP contribution in [0.5, 0.6) is 0 Å². The summed E-state index contributed by atoms with van der Waals surface area (Å²) < 4.78 is 12.6. The minimum Gasteiger partial charge on any atom is -0.456 e. The van der Waals surface area contributed by atoms with Crippen LogP contribution in [0.2, 0.25) is 5.28 Å². The standard InChI is InChI=1S/C37H20ClN3O2/c38-37-40-35(22-16-18-32-30(19-22)26-10-3-4-14-31(26)42-32)39-36(41-37)23-15-17-27-29-13-6-12-28(34(29)43-33(27)20-23)25-11-5-8-21-7-1-2-9-24(21)25/h1-20H. The van der Waals surface area contributed by atoms with E-state index in [1.165, 1.54) is 10.8 Å². The molecule has 6 aromatic carbocycles. The van der Waals surface area contributed by atoms with Crippen LogP contribution >= 0.6 is 11.6 Å². The molecule has 0 saturated carbocycles. The number of hydrogen-bond acceptors (Lipinski definition) is 5. The van der Waals surface area contributed by atoms with Gasteiger partial charge in [-0.2, -0.15) is 9.97 Å². The van der Waals surface area contributed by atoms with Crippen LogP contribution in [0.4, 0.5) is 0 Å². The molecular weight excluding hydrogens is 554 g/mol. The first-order valence-corrected chi connectivity index (χ1v) is 14.3. The number of hydrogen-bond donors (Lipinski definition) is 0. The third kappa shape index (κ3) is 3.83. The van der Waals surface area contributed by atoms with Gasteiger partial charge < -0.3 is 8.83 Å². The number of fused-ring (bicyclic) bond motifs is 7. The SMILES string of the molecule is Clc1nc(-c2ccc3c(c2)oc2c(-c4cccc5ccccc45)cccc23)nc(-c2ccc3oc4ccccc4c3c2)n1. The summed E-state index contributed by atoms with van der Waals surface area (Å²) in [6.45, 7) is 0. The molecule has 0 radical (unpaired) electrons. The summed E-state index contributed by atoms with van der Waals surface area (Å²) in [5.41, 5.74) is 7.06. The summed E-state index contributed by atoms with van der Waals surface area (Å²) in [6, 6.07) is 41.0. The number of benzene rings is 6. The minimum absolute atomic E-state index is 0.125. The van der Waals surface area contributed by atoms with Gasteiger partial charge in [0.15, 0.2) is 11.6 Å². The highest BCUT2D eigenvalue weighted by molar-refractivity contribution is 6.28. The molecule has 5 nitrogen and oxygen atoms in total. The average molecular weight is 574 g/mol. The molecule has 0 atom stereocenters. The van der Waals surface area contributed by atoms with Crippen molar-refractivity contribution in [3.63, 3.8) is 0 Å². The summed E-state index contributed by atoms with van der Waals surface area (Å²) in [6.07, 6.45) is 0. The predicted octanol–water partition coefficient (Wildman–Crippen LogP) is 10.5.